The maximum absolute atomic E-state index is 13.4. The summed E-state index contributed by atoms with van der Waals surface area (Å²) in [6, 6.07) is 9.07. The van der Waals surface area contributed by atoms with Gasteiger partial charge in [-0.25, -0.2) is 15.0 Å². The summed E-state index contributed by atoms with van der Waals surface area (Å²) in [7, 11) is 0. The summed E-state index contributed by atoms with van der Waals surface area (Å²) in [5, 5.41) is 1.51. The van der Waals surface area contributed by atoms with Gasteiger partial charge in [0.1, 0.15) is 11.9 Å². The number of ether oxygens (including phenoxy) is 1. The minimum absolute atomic E-state index is 0.00214. The summed E-state index contributed by atoms with van der Waals surface area (Å²) >= 11 is 18.4. The molecular weight excluding hydrogens is 483 g/mol. The van der Waals surface area contributed by atoms with Crippen LogP contribution < -0.4 is 4.74 Å². The third-order valence-corrected chi connectivity index (χ3v) is 6.93. The summed E-state index contributed by atoms with van der Waals surface area (Å²) in [5.74, 6) is 1.01. The van der Waals surface area contributed by atoms with Gasteiger partial charge < -0.3 is 9.64 Å². The normalized spacial score (nSPS) is 18.9. The van der Waals surface area contributed by atoms with Gasteiger partial charge in [-0.15, -0.1) is 0 Å². The number of carbonyl (C=O) groups is 1. The molecule has 1 amide bonds. The van der Waals surface area contributed by atoms with Crippen molar-refractivity contribution < 1.29 is 9.53 Å². The average Bonchev–Trinajstić information content (AvgIpc) is 3.22. The lowest BCUT2D eigenvalue weighted by atomic mass is 9.86. The second kappa shape index (κ2) is 9.84. The third-order valence-electron chi connectivity index (χ3n) is 5.96. The predicted molar refractivity (Wildman–Crippen MR) is 129 cm³/mol. The first kappa shape index (κ1) is 23.7. The summed E-state index contributed by atoms with van der Waals surface area (Å²) in [6.45, 7) is 6.63. The molecule has 1 aliphatic rings. The van der Waals surface area contributed by atoms with Crippen molar-refractivity contribution in [2.75, 3.05) is 13.1 Å². The number of rotatable bonds is 5. The largest absolute Gasteiger partial charge is 0.474 e. The Kier molecular flexibility index (Phi) is 7.07. The zero-order valence-electron chi connectivity index (χ0n) is 18.4. The minimum atomic E-state index is -0.230. The first-order chi connectivity index (χ1) is 15.7. The van der Waals surface area contributed by atoms with E-state index in [4.69, 9.17) is 39.5 Å². The molecule has 2 aromatic heterocycles. The second-order valence-electron chi connectivity index (χ2n) is 8.21. The van der Waals surface area contributed by atoms with Crippen molar-refractivity contribution >= 4 is 40.7 Å². The van der Waals surface area contributed by atoms with Crippen LogP contribution in [0.3, 0.4) is 0 Å². The van der Waals surface area contributed by atoms with Gasteiger partial charge in [0.15, 0.2) is 0 Å². The molecule has 0 radical (unpaired) electrons. The molecule has 1 aliphatic heterocycles. The third kappa shape index (κ3) is 5.24. The maximum Gasteiger partial charge on any atom is 0.257 e. The van der Waals surface area contributed by atoms with Gasteiger partial charge in [0.2, 0.25) is 5.88 Å². The number of aromatic nitrogens is 3. The molecule has 0 bridgehead atoms. The van der Waals surface area contributed by atoms with E-state index in [0.29, 0.717) is 51.1 Å². The number of carbonyl (C=O) groups excluding carboxylic acids is 1. The molecule has 9 heteroatoms. The fourth-order valence-corrected chi connectivity index (χ4v) is 4.66. The highest BCUT2D eigenvalue weighted by molar-refractivity contribution is 6.42. The van der Waals surface area contributed by atoms with Gasteiger partial charge in [-0.3, -0.25) is 4.79 Å². The van der Waals surface area contributed by atoms with E-state index in [-0.39, 0.29) is 23.8 Å². The van der Waals surface area contributed by atoms with Crippen LogP contribution in [-0.4, -0.2) is 45.0 Å². The quantitative estimate of drug-likeness (QED) is 0.440. The number of likely N-dealkylation sites (tertiary alicyclic amines) is 1. The van der Waals surface area contributed by atoms with Crippen molar-refractivity contribution in [3.63, 3.8) is 0 Å². The Labute approximate surface area is 207 Å². The number of amides is 1. The van der Waals surface area contributed by atoms with Crippen molar-refractivity contribution in [2.24, 2.45) is 5.92 Å². The Balaban J connectivity index is 1.63. The monoisotopic (exact) mass is 504 g/mol. The number of pyridine rings is 1. The number of hydrogen-bond acceptors (Lipinski definition) is 5. The summed E-state index contributed by atoms with van der Waals surface area (Å²) in [6.07, 6.45) is 2.91. The van der Waals surface area contributed by atoms with Gasteiger partial charge in [-0.05, 0) is 44.5 Å². The fourth-order valence-electron chi connectivity index (χ4n) is 4.24. The lowest BCUT2D eigenvalue weighted by Crippen LogP contribution is -2.32. The Morgan fingerprint density at radius 2 is 1.85 bits per heavy atom. The lowest BCUT2D eigenvalue weighted by molar-refractivity contribution is 0.0768. The van der Waals surface area contributed by atoms with Crippen LogP contribution >= 0.6 is 34.8 Å². The predicted octanol–water partition coefficient (Wildman–Crippen LogP) is 5.77. The smallest absolute Gasteiger partial charge is 0.257 e. The molecule has 3 atom stereocenters. The van der Waals surface area contributed by atoms with Crippen molar-refractivity contribution in [3.8, 4) is 5.88 Å². The molecule has 0 N–H and O–H groups in total. The van der Waals surface area contributed by atoms with Crippen LogP contribution in [0.5, 0.6) is 5.88 Å². The first-order valence-corrected chi connectivity index (χ1v) is 11.7. The first-order valence-electron chi connectivity index (χ1n) is 10.6. The second-order valence-corrected chi connectivity index (χ2v) is 9.46. The Morgan fingerprint density at radius 1 is 1.06 bits per heavy atom. The standard InChI is InChI=1S/C24H23Cl3N4O2/c1-13-18(10-28-15(3)30-13)24(32)31-11-19(14(2)33-23-7-5-17(25)9-29-23)20(12-31)16-4-6-21(26)22(27)8-16/h4-10,14,19-20H,11-12H2,1-3H3/t14-,19+,20-/m1/s1. The molecule has 3 heterocycles. The SMILES string of the molecule is Cc1ncc(C(=O)N2C[C@@H]([C@@H](C)Oc3ccc(Cl)cn3)[C@@H](c3ccc(Cl)c(Cl)c3)C2)c(C)n1. The van der Waals surface area contributed by atoms with Crippen LogP contribution in [-0.2, 0) is 0 Å². The van der Waals surface area contributed by atoms with Gasteiger partial charge in [0.25, 0.3) is 5.91 Å². The van der Waals surface area contributed by atoms with E-state index >= 15 is 0 Å². The summed E-state index contributed by atoms with van der Waals surface area (Å²) < 4.78 is 6.14. The molecule has 33 heavy (non-hydrogen) atoms. The summed E-state index contributed by atoms with van der Waals surface area (Å²) in [4.78, 5) is 28.0. The topological polar surface area (TPSA) is 68.2 Å². The van der Waals surface area contributed by atoms with Gasteiger partial charge in [-0.1, -0.05) is 40.9 Å². The van der Waals surface area contributed by atoms with Crippen LogP contribution in [0.4, 0.5) is 0 Å². The highest BCUT2D eigenvalue weighted by Gasteiger charge is 2.41. The Morgan fingerprint density at radius 3 is 2.52 bits per heavy atom. The lowest BCUT2D eigenvalue weighted by Gasteiger charge is -2.25. The Bertz CT molecular complexity index is 1170. The molecule has 4 rings (SSSR count). The van der Waals surface area contributed by atoms with Gasteiger partial charge in [-0.2, -0.15) is 0 Å². The summed E-state index contributed by atoms with van der Waals surface area (Å²) in [5.41, 5.74) is 2.17. The van der Waals surface area contributed by atoms with Crippen molar-refractivity contribution in [3.05, 3.63) is 80.4 Å². The van der Waals surface area contributed by atoms with Crippen LogP contribution in [0.2, 0.25) is 15.1 Å². The highest BCUT2D eigenvalue weighted by atomic mass is 35.5. The van der Waals surface area contributed by atoms with E-state index in [1.165, 1.54) is 0 Å². The van der Waals surface area contributed by atoms with E-state index in [2.05, 4.69) is 15.0 Å². The molecule has 0 aliphatic carbocycles. The molecule has 0 spiro atoms. The maximum atomic E-state index is 13.4. The molecule has 6 nitrogen and oxygen atoms in total. The van der Waals surface area contributed by atoms with Gasteiger partial charge >= 0.3 is 0 Å². The zero-order valence-corrected chi connectivity index (χ0v) is 20.7. The molecule has 3 aromatic rings. The molecule has 1 aromatic carbocycles. The van der Waals surface area contributed by atoms with E-state index in [9.17, 15) is 4.79 Å². The fraction of sp³-hybridized carbons (Fsp3) is 0.333. The molecule has 172 valence electrons. The highest BCUT2D eigenvalue weighted by Crippen LogP contribution is 2.38. The molecule has 1 saturated heterocycles. The van der Waals surface area contributed by atoms with Gasteiger partial charge in [0, 0.05) is 43.4 Å². The van der Waals surface area contributed by atoms with Crippen molar-refractivity contribution in [1.82, 2.24) is 19.9 Å². The number of aryl methyl sites for hydroxylation is 2. The zero-order chi connectivity index (χ0) is 23.7. The number of hydrogen-bond donors (Lipinski definition) is 0. The molecule has 0 saturated carbocycles. The van der Waals surface area contributed by atoms with E-state index in [1.807, 2.05) is 30.9 Å². The molecule has 1 fully saturated rings. The number of benzene rings is 1. The van der Waals surface area contributed by atoms with E-state index in [0.717, 1.165) is 5.56 Å². The van der Waals surface area contributed by atoms with Crippen LogP contribution in [0.25, 0.3) is 0 Å². The molecule has 0 unspecified atom stereocenters. The van der Waals surface area contributed by atoms with Crippen LogP contribution in [0.15, 0.2) is 42.7 Å². The van der Waals surface area contributed by atoms with Crippen LogP contribution in [0.1, 0.15) is 40.3 Å². The Hall–Kier alpha value is -2.41. The van der Waals surface area contributed by atoms with Gasteiger partial charge in [0.05, 0.1) is 26.3 Å². The van der Waals surface area contributed by atoms with Crippen molar-refractivity contribution in [1.29, 1.82) is 0 Å². The average molecular weight is 506 g/mol. The van der Waals surface area contributed by atoms with E-state index < -0.39 is 0 Å². The number of halogens is 3. The molecular formula is C24H23Cl3N4O2. The van der Waals surface area contributed by atoms with Crippen LogP contribution in [0, 0.1) is 19.8 Å². The van der Waals surface area contributed by atoms with E-state index in [1.54, 1.807) is 37.5 Å². The minimum Gasteiger partial charge on any atom is -0.474 e. The van der Waals surface area contributed by atoms with Crippen molar-refractivity contribution in [2.45, 2.75) is 32.8 Å². The number of nitrogens with zero attached hydrogens (tertiary/aromatic N) is 4.